The molecular weight excluding hydrogens is 262 g/mol. The summed E-state index contributed by atoms with van der Waals surface area (Å²) in [5.74, 6) is 0.0578. The Morgan fingerprint density at radius 1 is 1.24 bits per heavy atom. The van der Waals surface area contributed by atoms with Crippen molar-refractivity contribution in [1.82, 2.24) is 15.5 Å². The zero-order valence-electron chi connectivity index (χ0n) is 13.0. The van der Waals surface area contributed by atoms with Crippen molar-refractivity contribution in [2.45, 2.75) is 38.3 Å². The summed E-state index contributed by atoms with van der Waals surface area (Å²) in [5, 5.41) is 6.15. The third kappa shape index (κ3) is 5.86. The average molecular weight is 289 g/mol. The van der Waals surface area contributed by atoms with Crippen LogP contribution in [0, 0.1) is 0 Å². The number of carbonyl (C=O) groups is 1. The van der Waals surface area contributed by atoms with Crippen LogP contribution in [0.4, 0.5) is 0 Å². The van der Waals surface area contributed by atoms with Gasteiger partial charge in [-0.25, -0.2) is 0 Å². The van der Waals surface area contributed by atoms with Crippen LogP contribution in [0.3, 0.4) is 0 Å². The molecule has 1 aromatic carbocycles. The lowest BCUT2D eigenvalue weighted by molar-refractivity contribution is -0.120. The smallest absolute Gasteiger partial charge is 0.234 e. The van der Waals surface area contributed by atoms with Crippen LogP contribution < -0.4 is 10.6 Å². The van der Waals surface area contributed by atoms with Gasteiger partial charge in [0.05, 0.1) is 6.54 Å². The lowest BCUT2D eigenvalue weighted by Crippen LogP contribution is -2.39. The van der Waals surface area contributed by atoms with Gasteiger partial charge in [-0.3, -0.25) is 4.79 Å². The molecule has 0 unspecified atom stereocenters. The first kappa shape index (κ1) is 16.0. The fourth-order valence-electron chi connectivity index (χ4n) is 2.84. The molecule has 0 spiro atoms. The van der Waals surface area contributed by atoms with Gasteiger partial charge in [-0.05, 0) is 25.5 Å². The Balaban J connectivity index is 1.53. The first-order chi connectivity index (χ1) is 10.3. The van der Waals surface area contributed by atoms with Crippen molar-refractivity contribution >= 4 is 5.91 Å². The van der Waals surface area contributed by atoms with Crippen molar-refractivity contribution in [2.24, 2.45) is 0 Å². The second kappa shape index (κ2) is 8.80. The van der Waals surface area contributed by atoms with Crippen LogP contribution in [0.25, 0.3) is 0 Å². The molecule has 0 heterocycles. The third-order valence-corrected chi connectivity index (χ3v) is 4.21. The number of hydrogen-bond acceptors (Lipinski definition) is 3. The molecule has 1 saturated carbocycles. The van der Waals surface area contributed by atoms with E-state index in [9.17, 15) is 4.79 Å². The van der Waals surface area contributed by atoms with Gasteiger partial charge in [0.15, 0.2) is 0 Å². The highest BCUT2D eigenvalue weighted by Crippen LogP contribution is 2.21. The molecule has 2 N–H and O–H groups in total. The Labute approximate surface area is 127 Å². The summed E-state index contributed by atoms with van der Waals surface area (Å²) in [5.41, 5.74) is 1.13. The summed E-state index contributed by atoms with van der Waals surface area (Å²) in [6, 6.07) is 10.7. The Morgan fingerprint density at radius 3 is 2.67 bits per heavy atom. The van der Waals surface area contributed by atoms with Crippen molar-refractivity contribution < 1.29 is 4.79 Å². The number of nitrogens with one attached hydrogen (secondary N) is 2. The van der Waals surface area contributed by atoms with Gasteiger partial charge in [-0.2, -0.15) is 0 Å². The number of amides is 1. The highest BCUT2D eigenvalue weighted by Gasteiger charge is 2.18. The molecule has 4 nitrogen and oxygen atoms in total. The summed E-state index contributed by atoms with van der Waals surface area (Å²) >= 11 is 0. The van der Waals surface area contributed by atoms with Crippen molar-refractivity contribution in [3.63, 3.8) is 0 Å². The zero-order chi connectivity index (χ0) is 14.9. The van der Waals surface area contributed by atoms with Crippen LogP contribution in [0.5, 0.6) is 0 Å². The SMILES string of the molecule is CN(CCNCC(=O)NCc1ccccc1)C1CCCC1. The van der Waals surface area contributed by atoms with Crippen LogP contribution in [-0.2, 0) is 11.3 Å². The Bertz CT molecular complexity index is 415. The van der Waals surface area contributed by atoms with E-state index >= 15 is 0 Å². The molecule has 0 atom stereocenters. The first-order valence-electron chi connectivity index (χ1n) is 7.97. The quantitative estimate of drug-likeness (QED) is 0.717. The van der Waals surface area contributed by atoms with E-state index in [0.717, 1.165) is 24.7 Å². The minimum Gasteiger partial charge on any atom is -0.351 e. The Hall–Kier alpha value is -1.39. The van der Waals surface area contributed by atoms with E-state index in [-0.39, 0.29) is 5.91 Å². The van der Waals surface area contributed by atoms with Gasteiger partial charge in [-0.15, -0.1) is 0 Å². The zero-order valence-corrected chi connectivity index (χ0v) is 13.0. The fraction of sp³-hybridized carbons (Fsp3) is 0.588. The number of hydrogen-bond donors (Lipinski definition) is 2. The molecule has 1 amide bonds. The number of carbonyl (C=O) groups excluding carboxylic acids is 1. The predicted molar refractivity (Wildman–Crippen MR) is 86.0 cm³/mol. The lowest BCUT2D eigenvalue weighted by atomic mass is 10.2. The van der Waals surface area contributed by atoms with Crippen LogP contribution >= 0.6 is 0 Å². The van der Waals surface area contributed by atoms with Crippen LogP contribution in [-0.4, -0.2) is 43.5 Å². The van der Waals surface area contributed by atoms with E-state index in [1.54, 1.807) is 0 Å². The molecule has 0 bridgehead atoms. The van der Waals surface area contributed by atoms with Gasteiger partial charge >= 0.3 is 0 Å². The molecule has 0 aromatic heterocycles. The maximum Gasteiger partial charge on any atom is 0.234 e. The van der Waals surface area contributed by atoms with Gasteiger partial charge in [0.1, 0.15) is 0 Å². The third-order valence-electron chi connectivity index (χ3n) is 4.21. The summed E-state index contributed by atoms with van der Waals surface area (Å²) in [7, 11) is 2.19. The highest BCUT2D eigenvalue weighted by atomic mass is 16.1. The minimum absolute atomic E-state index is 0.0578. The summed E-state index contributed by atoms with van der Waals surface area (Å²) < 4.78 is 0. The topological polar surface area (TPSA) is 44.4 Å². The van der Waals surface area contributed by atoms with E-state index in [2.05, 4.69) is 22.6 Å². The predicted octanol–water partition coefficient (Wildman–Crippen LogP) is 1.77. The van der Waals surface area contributed by atoms with Crippen LogP contribution in [0.15, 0.2) is 30.3 Å². The Morgan fingerprint density at radius 2 is 1.95 bits per heavy atom. The molecule has 0 saturated heterocycles. The number of likely N-dealkylation sites (N-methyl/N-ethyl adjacent to an activating group) is 1. The first-order valence-corrected chi connectivity index (χ1v) is 7.97. The van der Waals surface area contributed by atoms with Crippen LogP contribution in [0.1, 0.15) is 31.2 Å². The molecule has 1 aliphatic carbocycles. The van der Waals surface area contributed by atoms with E-state index in [0.29, 0.717) is 13.1 Å². The standard InChI is InChI=1S/C17H27N3O/c1-20(16-9-5-6-10-16)12-11-18-14-17(21)19-13-15-7-3-2-4-8-15/h2-4,7-8,16,18H,5-6,9-14H2,1H3,(H,19,21). The monoisotopic (exact) mass is 289 g/mol. The largest absolute Gasteiger partial charge is 0.351 e. The maximum absolute atomic E-state index is 11.7. The normalized spacial score (nSPS) is 15.5. The molecule has 1 fully saturated rings. The number of benzene rings is 1. The molecule has 21 heavy (non-hydrogen) atoms. The van der Waals surface area contributed by atoms with Crippen molar-refractivity contribution in [2.75, 3.05) is 26.7 Å². The molecule has 2 rings (SSSR count). The summed E-state index contributed by atoms with van der Waals surface area (Å²) in [6.45, 7) is 2.87. The second-order valence-corrected chi connectivity index (χ2v) is 5.86. The van der Waals surface area contributed by atoms with E-state index in [1.165, 1.54) is 25.7 Å². The van der Waals surface area contributed by atoms with Gasteiger partial charge in [0, 0.05) is 25.7 Å². The molecule has 4 heteroatoms. The average Bonchev–Trinajstić information content (AvgIpc) is 3.05. The van der Waals surface area contributed by atoms with Gasteiger partial charge in [0.2, 0.25) is 5.91 Å². The van der Waals surface area contributed by atoms with Gasteiger partial charge in [0.25, 0.3) is 0 Å². The van der Waals surface area contributed by atoms with Gasteiger partial charge < -0.3 is 15.5 Å². The van der Waals surface area contributed by atoms with Crippen LogP contribution in [0.2, 0.25) is 0 Å². The van der Waals surface area contributed by atoms with Crippen molar-refractivity contribution in [3.05, 3.63) is 35.9 Å². The number of rotatable bonds is 8. The molecule has 116 valence electrons. The molecule has 1 aliphatic rings. The van der Waals surface area contributed by atoms with E-state index in [1.807, 2.05) is 30.3 Å². The molecular formula is C17H27N3O. The number of nitrogens with zero attached hydrogens (tertiary/aromatic N) is 1. The van der Waals surface area contributed by atoms with Crippen molar-refractivity contribution in [1.29, 1.82) is 0 Å². The van der Waals surface area contributed by atoms with Gasteiger partial charge in [-0.1, -0.05) is 43.2 Å². The summed E-state index contributed by atoms with van der Waals surface area (Å²) in [6.07, 6.45) is 5.39. The highest BCUT2D eigenvalue weighted by molar-refractivity contribution is 5.77. The fourth-order valence-corrected chi connectivity index (χ4v) is 2.84. The molecule has 0 radical (unpaired) electrons. The lowest BCUT2D eigenvalue weighted by Gasteiger charge is -2.23. The second-order valence-electron chi connectivity index (χ2n) is 5.86. The summed E-state index contributed by atoms with van der Waals surface area (Å²) in [4.78, 5) is 14.1. The maximum atomic E-state index is 11.7. The van der Waals surface area contributed by atoms with Crippen molar-refractivity contribution in [3.8, 4) is 0 Å². The van der Waals surface area contributed by atoms with E-state index < -0.39 is 0 Å². The van der Waals surface area contributed by atoms with E-state index in [4.69, 9.17) is 0 Å². The Kier molecular flexibility index (Phi) is 6.70. The molecule has 1 aromatic rings. The molecule has 0 aliphatic heterocycles. The minimum atomic E-state index is 0.0578.